The predicted molar refractivity (Wildman–Crippen MR) is 104 cm³/mol. The Balaban J connectivity index is 2.66. The topological polar surface area (TPSA) is 46.5 Å². The van der Waals surface area contributed by atoms with Crippen LogP contribution in [-0.2, 0) is 9.53 Å². The van der Waals surface area contributed by atoms with Crippen LogP contribution in [0.1, 0.15) is 67.2 Å². The molecule has 0 aromatic heterocycles. The molecule has 0 saturated carbocycles. The van der Waals surface area contributed by atoms with Crippen molar-refractivity contribution in [3.8, 4) is 0 Å². The molecule has 0 spiro atoms. The molecule has 0 fully saturated rings. The van der Waals surface area contributed by atoms with Gasteiger partial charge in [0.2, 0.25) is 0 Å². The van der Waals surface area contributed by atoms with E-state index < -0.39 is 6.10 Å². The Kier molecular flexibility index (Phi) is 8.37. The predicted octanol–water partition coefficient (Wildman–Crippen LogP) is 5.28. The number of hydrogen-bond acceptors (Lipinski definition) is 3. The summed E-state index contributed by atoms with van der Waals surface area (Å²) in [7, 11) is 0. The van der Waals surface area contributed by atoms with Crippen LogP contribution in [0.3, 0.4) is 0 Å². The molecule has 1 atom stereocenters. The normalized spacial score (nSPS) is 20.1. The van der Waals surface area contributed by atoms with Gasteiger partial charge in [0.15, 0.2) is 0 Å². The zero-order valence-corrected chi connectivity index (χ0v) is 16.7. The zero-order valence-electron chi connectivity index (χ0n) is 16.7. The maximum atomic E-state index is 10.7. The molecule has 0 saturated heterocycles. The lowest BCUT2D eigenvalue weighted by atomic mass is 9.71. The summed E-state index contributed by atoms with van der Waals surface area (Å²) < 4.78 is 4.87. The van der Waals surface area contributed by atoms with Crippen LogP contribution in [0.5, 0.6) is 0 Å². The number of aliphatic hydroxyl groups is 1. The van der Waals surface area contributed by atoms with E-state index in [-0.39, 0.29) is 18.0 Å². The van der Waals surface area contributed by atoms with Gasteiger partial charge in [-0.05, 0) is 63.5 Å². The van der Waals surface area contributed by atoms with E-state index in [0.717, 1.165) is 17.6 Å². The highest BCUT2D eigenvalue weighted by molar-refractivity contribution is 5.66. The molecule has 0 bridgehead atoms. The van der Waals surface area contributed by atoms with Crippen LogP contribution in [0.15, 0.2) is 46.6 Å². The first-order valence-electron chi connectivity index (χ1n) is 9.15. The van der Waals surface area contributed by atoms with Crippen LogP contribution >= 0.6 is 0 Å². The van der Waals surface area contributed by atoms with Crippen molar-refractivity contribution in [3.05, 3.63) is 46.6 Å². The van der Waals surface area contributed by atoms with Gasteiger partial charge in [-0.15, -0.1) is 0 Å². The van der Waals surface area contributed by atoms with E-state index in [1.807, 2.05) is 26.0 Å². The highest BCUT2D eigenvalue weighted by Crippen LogP contribution is 2.42. The van der Waals surface area contributed by atoms with Gasteiger partial charge in [-0.1, -0.05) is 48.8 Å². The van der Waals surface area contributed by atoms with Crippen LogP contribution in [-0.4, -0.2) is 23.8 Å². The molecule has 1 unspecified atom stereocenters. The summed E-state index contributed by atoms with van der Waals surface area (Å²) in [5.41, 5.74) is 5.21. The number of hydrogen-bond donors (Lipinski definition) is 1. The molecular weight excluding hydrogens is 312 g/mol. The summed E-state index contributed by atoms with van der Waals surface area (Å²) in [6.07, 6.45) is 11.6. The van der Waals surface area contributed by atoms with E-state index in [4.69, 9.17) is 4.74 Å². The van der Waals surface area contributed by atoms with Gasteiger partial charge in [-0.25, -0.2) is 0 Å². The third kappa shape index (κ3) is 7.43. The number of rotatable bonds is 7. The molecule has 0 aliphatic heterocycles. The van der Waals surface area contributed by atoms with Crippen LogP contribution in [0.2, 0.25) is 0 Å². The lowest BCUT2D eigenvalue weighted by molar-refractivity contribution is -0.139. The second-order valence-electron chi connectivity index (χ2n) is 7.70. The Bertz CT molecular complexity index is 588. The van der Waals surface area contributed by atoms with Gasteiger partial charge < -0.3 is 9.84 Å². The molecule has 25 heavy (non-hydrogen) atoms. The van der Waals surface area contributed by atoms with Crippen molar-refractivity contribution < 1.29 is 14.6 Å². The summed E-state index contributed by atoms with van der Waals surface area (Å²) in [5.74, 6) is -0.290. The number of ether oxygens (including phenoxy) is 1. The molecule has 1 N–H and O–H groups in total. The summed E-state index contributed by atoms with van der Waals surface area (Å²) in [4.78, 5) is 10.7. The Morgan fingerprint density at radius 1 is 1.28 bits per heavy atom. The Hall–Kier alpha value is -1.61. The standard InChI is InChI=1S/C22H34O3/c1-16(13-15-25-19(4)23)9-12-21(24)18(3)10-11-20-17(2)8-7-14-22(20,5)6/h9-10,12-13,21,24H,7-8,11,14-15H2,1-6H3/b12-9+,16-13+,18-10+. The average Bonchev–Trinajstić information content (AvgIpc) is 2.50. The van der Waals surface area contributed by atoms with Crippen molar-refractivity contribution in [1.29, 1.82) is 0 Å². The molecular formula is C22H34O3. The van der Waals surface area contributed by atoms with Crippen LogP contribution in [0.4, 0.5) is 0 Å². The van der Waals surface area contributed by atoms with Crippen molar-refractivity contribution in [2.24, 2.45) is 5.41 Å². The molecule has 140 valence electrons. The van der Waals surface area contributed by atoms with E-state index in [9.17, 15) is 9.90 Å². The SMILES string of the molecule is CC(=O)OC/C=C(C)/C=C/C(O)/C(C)=C/CC1=C(C)CCCC1(C)C. The molecule has 0 aromatic carbocycles. The van der Waals surface area contributed by atoms with Crippen LogP contribution in [0.25, 0.3) is 0 Å². The quantitative estimate of drug-likeness (QED) is 0.388. The average molecular weight is 347 g/mol. The Morgan fingerprint density at radius 3 is 2.56 bits per heavy atom. The molecule has 0 radical (unpaired) electrons. The lowest BCUT2D eigenvalue weighted by Gasteiger charge is -2.34. The molecule has 1 aliphatic rings. The first kappa shape index (κ1) is 21.4. The van der Waals surface area contributed by atoms with Crippen molar-refractivity contribution in [1.82, 2.24) is 0 Å². The number of aliphatic hydroxyl groups excluding tert-OH is 1. The summed E-state index contributed by atoms with van der Waals surface area (Å²) in [6.45, 7) is 12.4. The highest BCUT2D eigenvalue weighted by atomic mass is 16.5. The third-order valence-corrected chi connectivity index (χ3v) is 5.01. The Morgan fingerprint density at radius 2 is 1.96 bits per heavy atom. The smallest absolute Gasteiger partial charge is 0.302 e. The fourth-order valence-electron chi connectivity index (χ4n) is 3.26. The second-order valence-corrected chi connectivity index (χ2v) is 7.70. The lowest BCUT2D eigenvalue weighted by Crippen LogP contribution is -2.20. The minimum absolute atomic E-state index is 0.260. The maximum Gasteiger partial charge on any atom is 0.302 e. The van der Waals surface area contributed by atoms with Gasteiger partial charge in [-0.2, -0.15) is 0 Å². The maximum absolute atomic E-state index is 10.7. The largest absolute Gasteiger partial charge is 0.462 e. The fourth-order valence-corrected chi connectivity index (χ4v) is 3.26. The molecule has 0 heterocycles. The summed E-state index contributed by atoms with van der Waals surface area (Å²) in [6, 6.07) is 0. The van der Waals surface area contributed by atoms with Crippen LogP contribution in [0, 0.1) is 5.41 Å². The van der Waals surface area contributed by atoms with E-state index >= 15 is 0 Å². The molecule has 0 amide bonds. The summed E-state index contributed by atoms with van der Waals surface area (Å²) >= 11 is 0. The van der Waals surface area contributed by atoms with E-state index in [1.54, 1.807) is 6.08 Å². The van der Waals surface area contributed by atoms with Gasteiger partial charge in [0.25, 0.3) is 0 Å². The highest BCUT2D eigenvalue weighted by Gasteiger charge is 2.27. The third-order valence-electron chi connectivity index (χ3n) is 5.01. The molecule has 3 heteroatoms. The number of esters is 1. The zero-order chi connectivity index (χ0) is 19.0. The first-order valence-corrected chi connectivity index (χ1v) is 9.15. The number of carbonyl (C=O) groups is 1. The molecule has 3 nitrogen and oxygen atoms in total. The van der Waals surface area contributed by atoms with Gasteiger partial charge in [-0.3, -0.25) is 4.79 Å². The van der Waals surface area contributed by atoms with Crippen molar-refractivity contribution in [2.45, 2.75) is 73.3 Å². The van der Waals surface area contributed by atoms with Gasteiger partial charge in [0.05, 0.1) is 6.10 Å². The second kappa shape index (κ2) is 9.76. The van der Waals surface area contributed by atoms with E-state index in [0.29, 0.717) is 0 Å². The first-order chi connectivity index (χ1) is 11.6. The molecule has 0 aromatic rings. The summed E-state index contributed by atoms with van der Waals surface area (Å²) in [5, 5.41) is 10.3. The Labute approximate surface area is 153 Å². The van der Waals surface area contributed by atoms with Gasteiger partial charge >= 0.3 is 5.97 Å². The van der Waals surface area contributed by atoms with E-state index in [2.05, 4.69) is 26.8 Å². The van der Waals surface area contributed by atoms with E-state index in [1.165, 1.54) is 37.3 Å². The number of carbonyl (C=O) groups excluding carboxylic acids is 1. The minimum Gasteiger partial charge on any atom is -0.462 e. The van der Waals surface area contributed by atoms with Gasteiger partial charge in [0.1, 0.15) is 6.61 Å². The fraction of sp³-hybridized carbons (Fsp3) is 0.591. The van der Waals surface area contributed by atoms with Crippen molar-refractivity contribution in [3.63, 3.8) is 0 Å². The van der Waals surface area contributed by atoms with Crippen molar-refractivity contribution >= 4 is 5.97 Å². The van der Waals surface area contributed by atoms with Gasteiger partial charge in [0, 0.05) is 6.92 Å². The number of allylic oxidation sites excluding steroid dienone is 5. The van der Waals surface area contributed by atoms with Crippen molar-refractivity contribution in [2.75, 3.05) is 6.61 Å². The molecule has 1 aliphatic carbocycles. The monoisotopic (exact) mass is 346 g/mol. The van der Waals surface area contributed by atoms with Crippen LogP contribution < -0.4 is 0 Å². The molecule has 1 rings (SSSR count). The minimum atomic E-state index is -0.593.